The highest BCUT2D eigenvalue weighted by Gasteiger charge is 2.22. The van der Waals surface area contributed by atoms with Gasteiger partial charge in [0.05, 0.1) is 6.10 Å². The van der Waals surface area contributed by atoms with Gasteiger partial charge < -0.3 is 15.2 Å². The Hall–Kier alpha value is -1.65. The van der Waals surface area contributed by atoms with Crippen LogP contribution in [0.3, 0.4) is 0 Å². The predicted octanol–water partition coefficient (Wildman–Crippen LogP) is 3.46. The molecule has 1 heterocycles. The zero-order valence-electron chi connectivity index (χ0n) is 14.5. The number of nitrogens with one attached hydrogen (secondary N) is 1. The SMILES string of the molecule is CCc1cncc2cccc(OC3CCC(NCCCO)CC3)c12. The summed E-state index contributed by atoms with van der Waals surface area (Å²) in [5.41, 5.74) is 1.25. The molecule has 1 aromatic carbocycles. The van der Waals surface area contributed by atoms with Crippen LogP contribution in [0.25, 0.3) is 10.8 Å². The molecule has 1 saturated carbocycles. The van der Waals surface area contributed by atoms with Gasteiger partial charge in [-0.05, 0) is 56.7 Å². The minimum atomic E-state index is 0.265. The Kier molecular flexibility index (Phi) is 6.05. The van der Waals surface area contributed by atoms with Gasteiger partial charge in [0.15, 0.2) is 0 Å². The van der Waals surface area contributed by atoms with Gasteiger partial charge in [0, 0.05) is 35.8 Å². The van der Waals surface area contributed by atoms with Crippen LogP contribution < -0.4 is 10.1 Å². The number of benzene rings is 1. The first-order chi connectivity index (χ1) is 11.8. The molecule has 0 saturated heterocycles. The number of ether oxygens (including phenoxy) is 1. The molecule has 2 N–H and O–H groups in total. The second-order valence-corrected chi connectivity index (χ2v) is 6.63. The lowest BCUT2D eigenvalue weighted by atomic mass is 9.92. The molecule has 4 nitrogen and oxygen atoms in total. The molecular formula is C20H28N2O2. The molecule has 1 aliphatic rings. The van der Waals surface area contributed by atoms with E-state index >= 15 is 0 Å². The lowest BCUT2D eigenvalue weighted by Crippen LogP contribution is -2.37. The summed E-state index contributed by atoms with van der Waals surface area (Å²) in [5.74, 6) is 1.00. The third kappa shape index (κ3) is 4.05. The minimum Gasteiger partial charge on any atom is -0.490 e. The molecule has 0 atom stereocenters. The van der Waals surface area contributed by atoms with Gasteiger partial charge >= 0.3 is 0 Å². The zero-order valence-corrected chi connectivity index (χ0v) is 14.5. The van der Waals surface area contributed by atoms with Gasteiger partial charge in [-0.3, -0.25) is 4.98 Å². The third-order valence-corrected chi connectivity index (χ3v) is 4.94. The predicted molar refractivity (Wildman–Crippen MR) is 97.5 cm³/mol. The van der Waals surface area contributed by atoms with Crippen LogP contribution in [0.15, 0.2) is 30.6 Å². The first-order valence-electron chi connectivity index (χ1n) is 9.18. The van der Waals surface area contributed by atoms with E-state index < -0.39 is 0 Å². The molecule has 0 spiro atoms. The number of hydrogen-bond donors (Lipinski definition) is 2. The average molecular weight is 328 g/mol. The Labute approximate surface area is 144 Å². The topological polar surface area (TPSA) is 54.4 Å². The monoisotopic (exact) mass is 328 g/mol. The van der Waals surface area contributed by atoms with Crippen LogP contribution in [0.4, 0.5) is 0 Å². The van der Waals surface area contributed by atoms with Crippen LogP contribution in [0.1, 0.15) is 44.6 Å². The summed E-state index contributed by atoms with van der Waals surface area (Å²) >= 11 is 0. The highest BCUT2D eigenvalue weighted by molar-refractivity contribution is 5.90. The van der Waals surface area contributed by atoms with Crippen molar-refractivity contribution in [2.75, 3.05) is 13.2 Å². The fourth-order valence-corrected chi connectivity index (χ4v) is 3.59. The van der Waals surface area contributed by atoms with Crippen molar-refractivity contribution in [3.05, 3.63) is 36.2 Å². The van der Waals surface area contributed by atoms with Crippen molar-refractivity contribution in [2.24, 2.45) is 0 Å². The summed E-state index contributed by atoms with van der Waals surface area (Å²) in [6.45, 7) is 3.33. The van der Waals surface area contributed by atoms with Gasteiger partial charge in [0.2, 0.25) is 0 Å². The minimum absolute atomic E-state index is 0.265. The van der Waals surface area contributed by atoms with E-state index in [0.717, 1.165) is 56.2 Å². The standard InChI is InChI=1S/C20H28N2O2/c1-2-15-13-21-14-16-5-3-6-19(20(15)16)24-18-9-7-17(8-10-18)22-11-4-12-23/h3,5-6,13-14,17-18,22-23H,2,4,7-12H2,1H3. The van der Waals surface area contributed by atoms with Crippen molar-refractivity contribution in [2.45, 2.75) is 57.6 Å². The quantitative estimate of drug-likeness (QED) is 0.764. The van der Waals surface area contributed by atoms with Crippen LogP contribution in [-0.4, -0.2) is 35.4 Å². The third-order valence-electron chi connectivity index (χ3n) is 4.94. The molecule has 3 rings (SSSR count). The Morgan fingerprint density at radius 1 is 1.21 bits per heavy atom. The second-order valence-electron chi connectivity index (χ2n) is 6.63. The number of rotatable bonds is 7. The van der Waals surface area contributed by atoms with Crippen LogP contribution >= 0.6 is 0 Å². The normalized spacial score (nSPS) is 21.1. The molecule has 1 aliphatic carbocycles. The molecule has 0 radical (unpaired) electrons. The molecule has 2 aromatic rings. The largest absolute Gasteiger partial charge is 0.490 e. The van der Waals surface area contributed by atoms with Crippen LogP contribution in [0, 0.1) is 0 Å². The van der Waals surface area contributed by atoms with Gasteiger partial charge in [0.1, 0.15) is 5.75 Å². The van der Waals surface area contributed by atoms with Gasteiger partial charge in [0.25, 0.3) is 0 Å². The summed E-state index contributed by atoms with van der Waals surface area (Å²) < 4.78 is 6.39. The zero-order chi connectivity index (χ0) is 16.8. The number of fused-ring (bicyclic) bond motifs is 1. The lowest BCUT2D eigenvalue weighted by molar-refractivity contribution is 0.140. The highest BCUT2D eigenvalue weighted by atomic mass is 16.5. The van der Waals surface area contributed by atoms with Crippen LogP contribution in [0.5, 0.6) is 5.75 Å². The van der Waals surface area contributed by atoms with E-state index in [1.807, 2.05) is 12.4 Å². The Bertz CT molecular complexity index is 646. The van der Waals surface area contributed by atoms with E-state index in [1.54, 1.807) is 0 Å². The number of aliphatic hydroxyl groups excluding tert-OH is 1. The summed E-state index contributed by atoms with van der Waals surface area (Å²) in [7, 11) is 0. The molecule has 24 heavy (non-hydrogen) atoms. The van der Waals surface area contributed by atoms with Crippen molar-refractivity contribution < 1.29 is 9.84 Å². The molecule has 1 aromatic heterocycles. The summed E-state index contributed by atoms with van der Waals surface area (Å²) in [6, 6.07) is 6.82. The molecule has 1 fully saturated rings. The molecule has 0 bridgehead atoms. The van der Waals surface area contributed by atoms with Crippen molar-refractivity contribution in [1.82, 2.24) is 10.3 Å². The molecule has 0 amide bonds. The van der Waals surface area contributed by atoms with Gasteiger partial charge in [-0.15, -0.1) is 0 Å². The Balaban J connectivity index is 1.64. The Morgan fingerprint density at radius 3 is 2.79 bits per heavy atom. The second kappa shape index (κ2) is 8.45. The maximum absolute atomic E-state index is 8.87. The van der Waals surface area contributed by atoms with Gasteiger partial charge in [-0.1, -0.05) is 19.1 Å². The number of aromatic nitrogens is 1. The summed E-state index contributed by atoms with van der Waals surface area (Å²) in [6.07, 6.45) is 10.4. The van der Waals surface area contributed by atoms with Crippen molar-refractivity contribution >= 4 is 10.8 Å². The maximum atomic E-state index is 8.87. The number of hydrogen-bond acceptors (Lipinski definition) is 4. The first-order valence-corrected chi connectivity index (χ1v) is 9.18. The molecule has 4 heteroatoms. The molecule has 0 unspecified atom stereocenters. The van der Waals surface area contributed by atoms with E-state index in [1.165, 1.54) is 10.9 Å². The van der Waals surface area contributed by atoms with E-state index in [2.05, 4.69) is 35.4 Å². The van der Waals surface area contributed by atoms with Crippen molar-refractivity contribution in [3.8, 4) is 5.75 Å². The van der Waals surface area contributed by atoms with E-state index in [-0.39, 0.29) is 6.61 Å². The molecule has 0 aliphatic heterocycles. The number of aryl methyl sites for hydroxylation is 1. The number of pyridine rings is 1. The maximum Gasteiger partial charge on any atom is 0.127 e. The van der Waals surface area contributed by atoms with Gasteiger partial charge in [-0.2, -0.15) is 0 Å². The molecule has 130 valence electrons. The van der Waals surface area contributed by atoms with Crippen molar-refractivity contribution in [1.29, 1.82) is 0 Å². The number of nitrogens with zero attached hydrogens (tertiary/aromatic N) is 1. The summed E-state index contributed by atoms with van der Waals surface area (Å²) in [4.78, 5) is 4.34. The fraction of sp³-hybridized carbons (Fsp3) is 0.550. The Morgan fingerprint density at radius 2 is 2.04 bits per heavy atom. The molecular weight excluding hydrogens is 300 g/mol. The van der Waals surface area contributed by atoms with Crippen LogP contribution in [-0.2, 0) is 6.42 Å². The summed E-state index contributed by atoms with van der Waals surface area (Å²) in [5, 5.41) is 14.8. The highest BCUT2D eigenvalue weighted by Crippen LogP contribution is 2.32. The lowest BCUT2D eigenvalue weighted by Gasteiger charge is -2.30. The smallest absolute Gasteiger partial charge is 0.127 e. The van der Waals surface area contributed by atoms with Crippen molar-refractivity contribution in [3.63, 3.8) is 0 Å². The van der Waals surface area contributed by atoms with E-state index in [9.17, 15) is 0 Å². The average Bonchev–Trinajstić information content (AvgIpc) is 2.63. The number of aliphatic hydroxyl groups is 1. The van der Waals surface area contributed by atoms with Crippen LogP contribution in [0.2, 0.25) is 0 Å². The first kappa shape index (κ1) is 17.2. The fourth-order valence-electron chi connectivity index (χ4n) is 3.59. The van der Waals surface area contributed by atoms with E-state index in [0.29, 0.717) is 12.1 Å². The van der Waals surface area contributed by atoms with Gasteiger partial charge in [-0.25, -0.2) is 0 Å². The van der Waals surface area contributed by atoms with E-state index in [4.69, 9.17) is 9.84 Å².